The van der Waals surface area contributed by atoms with E-state index in [-0.39, 0.29) is 23.6 Å². The van der Waals surface area contributed by atoms with Gasteiger partial charge in [0.25, 0.3) is 11.8 Å². The SMILES string of the molecule is O=C(NC1CCN(C(=O)c2ccccc2)CC1)c1ccccc1C(=O)c1ccc(Cl)cc1. The van der Waals surface area contributed by atoms with E-state index in [2.05, 4.69) is 5.32 Å². The Morgan fingerprint density at radius 1 is 0.750 bits per heavy atom. The van der Waals surface area contributed by atoms with Crippen LogP contribution in [0.4, 0.5) is 0 Å². The number of piperidine rings is 1. The second-order valence-corrected chi connectivity index (χ2v) is 8.22. The first-order valence-corrected chi connectivity index (χ1v) is 10.9. The van der Waals surface area contributed by atoms with Crippen LogP contribution in [0.25, 0.3) is 0 Å². The van der Waals surface area contributed by atoms with E-state index in [4.69, 9.17) is 11.6 Å². The van der Waals surface area contributed by atoms with Gasteiger partial charge in [0.05, 0.1) is 5.56 Å². The minimum absolute atomic E-state index is 0.00860. The number of carbonyl (C=O) groups is 3. The molecule has 1 N–H and O–H groups in total. The Balaban J connectivity index is 1.40. The van der Waals surface area contributed by atoms with Gasteiger partial charge >= 0.3 is 0 Å². The zero-order chi connectivity index (χ0) is 22.5. The molecule has 0 saturated carbocycles. The Morgan fingerprint density at radius 2 is 1.34 bits per heavy atom. The minimum atomic E-state index is -0.282. The van der Waals surface area contributed by atoms with Crippen molar-refractivity contribution in [1.29, 1.82) is 0 Å². The van der Waals surface area contributed by atoms with Gasteiger partial charge in [0.1, 0.15) is 0 Å². The van der Waals surface area contributed by atoms with Gasteiger partial charge in [0, 0.05) is 40.8 Å². The van der Waals surface area contributed by atoms with Crippen molar-refractivity contribution in [2.45, 2.75) is 18.9 Å². The zero-order valence-corrected chi connectivity index (χ0v) is 18.2. The number of likely N-dealkylation sites (tertiary alicyclic amines) is 1. The molecule has 162 valence electrons. The van der Waals surface area contributed by atoms with Crippen molar-refractivity contribution in [2.75, 3.05) is 13.1 Å². The number of nitrogens with one attached hydrogen (secondary N) is 1. The van der Waals surface area contributed by atoms with Crippen LogP contribution in [0, 0.1) is 0 Å². The van der Waals surface area contributed by atoms with Gasteiger partial charge in [-0.25, -0.2) is 0 Å². The van der Waals surface area contributed by atoms with E-state index in [0.29, 0.717) is 53.2 Å². The molecular weight excluding hydrogens is 424 g/mol. The third-order valence-corrected chi connectivity index (χ3v) is 5.91. The van der Waals surface area contributed by atoms with Crippen molar-refractivity contribution in [3.05, 3.63) is 106 Å². The summed E-state index contributed by atoms with van der Waals surface area (Å²) in [7, 11) is 0. The van der Waals surface area contributed by atoms with Gasteiger partial charge in [-0.3, -0.25) is 14.4 Å². The van der Waals surface area contributed by atoms with Gasteiger partial charge < -0.3 is 10.2 Å². The van der Waals surface area contributed by atoms with Gasteiger partial charge in [-0.1, -0.05) is 48.0 Å². The molecule has 0 aromatic heterocycles. The van der Waals surface area contributed by atoms with Gasteiger partial charge in [-0.15, -0.1) is 0 Å². The van der Waals surface area contributed by atoms with Gasteiger partial charge in [0.15, 0.2) is 5.78 Å². The number of halogens is 1. The Hall–Kier alpha value is -3.44. The van der Waals surface area contributed by atoms with Crippen molar-refractivity contribution in [1.82, 2.24) is 10.2 Å². The van der Waals surface area contributed by atoms with Crippen molar-refractivity contribution in [3.63, 3.8) is 0 Å². The Kier molecular flexibility index (Phi) is 6.66. The molecule has 1 aliphatic rings. The van der Waals surface area contributed by atoms with Crippen molar-refractivity contribution in [2.24, 2.45) is 0 Å². The maximum absolute atomic E-state index is 13.0. The summed E-state index contributed by atoms with van der Waals surface area (Å²) in [4.78, 5) is 40.4. The fourth-order valence-corrected chi connectivity index (χ4v) is 4.02. The number of carbonyl (C=O) groups excluding carboxylic acids is 3. The summed E-state index contributed by atoms with van der Waals surface area (Å²) in [6, 6.07) is 22.6. The zero-order valence-electron chi connectivity index (χ0n) is 17.5. The van der Waals surface area contributed by atoms with Crippen molar-refractivity contribution < 1.29 is 14.4 Å². The molecule has 1 fully saturated rings. The predicted octanol–water partition coefficient (Wildman–Crippen LogP) is 4.61. The van der Waals surface area contributed by atoms with E-state index in [1.165, 1.54) is 0 Å². The van der Waals surface area contributed by atoms with E-state index < -0.39 is 0 Å². The molecule has 0 unspecified atom stereocenters. The molecule has 5 nitrogen and oxygen atoms in total. The molecule has 4 rings (SSSR count). The van der Waals surface area contributed by atoms with Crippen molar-refractivity contribution in [3.8, 4) is 0 Å². The molecule has 32 heavy (non-hydrogen) atoms. The van der Waals surface area contributed by atoms with E-state index in [9.17, 15) is 14.4 Å². The lowest BCUT2D eigenvalue weighted by atomic mass is 9.97. The average molecular weight is 447 g/mol. The predicted molar refractivity (Wildman–Crippen MR) is 124 cm³/mol. The summed E-state index contributed by atoms with van der Waals surface area (Å²) in [5.74, 6) is -0.499. The number of amides is 2. The number of rotatable bonds is 5. The topological polar surface area (TPSA) is 66.5 Å². The van der Waals surface area contributed by atoms with Gasteiger partial charge in [-0.2, -0.15) is 0 Å². The lowest BCUT2D eigenvalue weighted by Gasteiger charge is -2.32. The third kappa shape index (κ3) is 4.89. The normalized spacial score (nSPS) is 14.1. The fraction of sp³-hybridized carbons (Fsp3) is 0.192. The maximum Gasteiger partial charge on any atom is 0.253 e. The number of hydrogen-bond donors (Lipinski definition) is 1. The van der Waals surface area contributed by atoms with Crippen LogP contribution in [-0.2, 0) is 0 Å². The molecule has 2 amide bonds. The molecular formula is C26H23ClN2O3. The van der Waals surface area contributed by atoms with E-state index in [1.54, 1.807) is 48.5 Å². The van der Waals surface area contributed by atoms with Crippen LogP contribution in [0.15, 0.2) is 78.9 Å². The molecule has 0 spiro atoms. The lowest BCUT2D eigenvalue weighted by molar-refractivity contribution is 0.0697. The van der Waals surface area contributed by atoms with Crippen LogP contribution in [0.1, 0.15) is 49.5 Å². The van der Waals surface area contributed by atoms with Crippen LogP contribution < -0.4 is 5.32 Å². The van der Waals surface area contributed by atoms with Crippen LogP contribution in [0.3, 0.4) is 0 Å². The molecule has 1 saturated heterocycles. The first-order chi connectivity index (χ1) is 15.5. The van der Waals surface area contributed by atoms with Gasteiger partial charge in [0.2, 0.25) is 0 Å². The largest absolute Gasteiger partial charge is 0.349 e. The first-order valence-electron chi connectivity index (χ1n) is 10.6. The second kappa shape index (κ2) is 9.79. The molecule has 0 atom stereocenters. The highest BCUT2D eigenvalue weighted by molar-refractivity contribution is 6.30. The van der Waals surface area contributed by atoms with Crippen LogP contribution in [0.5, 0.6) is 0 Å². The summed E-state index contributed by atoms with van der Waals surface area (Å²) in [5.41, 5.74) is 1.84. The quantitative estimate of drug-likeness (QED) is 0.582. The molecule has 3 aromatic carbocycles. The molecule has 1 heterocycles. The third-order valence-electron chi connectivity index (χ3n) is 5.66. The van der Waals surface area contributed by atoms with Crippen LogP contribution in [0.2, 0.25) is 5.02 Å². The number of hydrogen-bond acceptors (Lipinski definition) is 3. The number of nitrogens with zero attached hydrogens (tertiary/aromatic N) is 1. The van der Waals surface area contributed by atoms with E-state index in [1.807, 2.05) is 35.2 Å². The Labute approximate surface area is 192 Å². The van der Waals surface area contributed by atoms with E-state index in [0.717, 1.165) is 0 Å². The summed E-state index contributed by atoms with van der Waals surface area (Å²) < 4.78 is 0. The standard InChI is InChI=1S/C26H23ClN2O3/c27-20-12-10-18(11-13-20)24(30)22-8-4-5-9-23(22)25(31)28-21-14-16-29(17-15-21)26(32)19-6-2-1-3-7-19/h1-13,21H,14-17H2,(H,28,31). The monoisotopic (exact) mass is 446 g/mol. The van der Waals surface area contributed by atoms with Crippen LogP contribution in [-0.4, -0.2) is 41.6 Å². The Morgan fingerprint density at radius 3 is 2.00 bits per heavy atom. The molecule has 6 heteroatoms. The highest BCUT2D eigenvalue weighted by atomic mass is 35.5. The lowest BCUT2D eigenvalue weighted by Crippen LogP contribution is -2.46. The fourth-order valence-electron chi connectivity index (χ4n) is 3.89. The van der Waals surface area contributed by atoms with Crippen LogP contribution >= 0.6 is 11.6 Å². The average Bonchev–Trinajstić information content (AvgIpc) is 2.84. The molecule has 0 bridgehead atoms. The van der Waals surface area contributed by atoms with E-state index >= 15 is 0 Å². The van der Waals surface area contributed by atoms with Crippen molar-refractivity contribution >= 4 is 29.2 Å². The highest BCUT2D eigenvalue weighted by Crippen LogP contribution is 2.19. The molecule has 3 aromatic rings. The molecule has 1 aliphatic heterocycles. The van der Waals surface area contributed by atoms with Gasteiger partial charge in [-0.05, 0) is 55.3 Å². The first kappa shape index (κ1) is 21.8. The summed E-state index contributed by atoms with van der Waals surface area (Å²) in [5, 5.41) is 3.59. The smallest absolute Gasteiger partial charge is 0.253 e. The highest BCUT2D eigenvalue weighted by Gasteiger charge is 2.26. The summed E-state index contributed by atoms with van der Waals surface area (Å²) >= 11 is 5.92. The maximum atomic E-state index is 13.0. The molecule has 0 aliphatic carbocycles. The number of benzene rings is 3. The summed E-state index contributed by atoms with van der Waals surface area (Å²) in [6.45, 7) is 1.15. The number of ketones is 1. The second-order valence-electron chi connectivity index (χ2n) is 7.79. The Bertz CT molecular complexity index is 1120. The summed E-state index contributed by atoms with van der Waals surface area (Å²) in [6.07, 6.45) is 1.33. The minimum Gasteiger partial charge on any atom is -0.349 e. The molecule has 0 radical (unpaired) electrons.